The molecule has 0 radical (unpaired) electrons. The highest BCUT2D eigenvalue weighted by atomic mass is 16.5. The molecule has 31 heavy (non-hydrogen) atoms. The van der Waals surface area contributed by atoms with Crippen LogP contribution in [0.5, 0.6) is 0 Å². The minimum Gasteiger partial charge on any atom is -0.465 e. The molecule has 0 aliphatic carbocycles. The fourth-order valence-corrected chi connectivity index (χ4v) is 2.88. The molecule has 0 bridgehead atoms. The van der Waals surface area contributed by atoms with E-state index in [1.165, 1.54) is 10.9 Å². The van der Waals surface area contributed by atoms with Gasteiger partial charge in [-0.1, -0.05) is 51.1 Å². The quantitative estimate of drug-likeness (QED) is 0.446. The third kappa shape index (κ3) is 6.63. The van der Waals surface area contributed by atoms with Crippen molar-refractivity contribution in [3.63, 3.8) is 0 Å². The second-order valence-electron chi connectivity index (χ2n) is 8.03. The summed E-state index contributed by atoms with van der Waals surface area (Å²) in [6.45, 7) is 5.21. The lowest BCUT2D eigenvalue weighted by Gasteiger charge is -2.36. The highest BCUT2D eigenvalue weighted by Crippen LogP contribution is 2.24. The van der Waals surface area contributed by atoms with Crippen molar-refractivity contribution < 1.29 is 24.2 Å². The highest BCUT2D eigenvalue weighted by Gasteiger charge is 2.39. The first-order valence-electron chi connectivity index (χ1n) is 9.54. The number of hydrogen-bond acceptors (Lipinski definition) is 6. The van der Waals surface area contributed by atoms with Crippen molar-refractivity contribution in [2.45, 2.75) is 39.5 Å². The van der Waals surface area contributed by atoms with Crippen molar-refractivity contribution in [3.05, 3.63) is 42.1 Å². The number of amides is 3. The van der Waals surface area contributed by atoms with Crippen LogP contribution in [0.1, 0.15) is 26.3 Å². The fraction of sp³-hybridized carbons (Fsp3) is 0.400. The number of nitrogens with one attached hydrogen (secondary N) is 3. The summed E-state index contributed by atoms with van der Waals surface area (Å²) in [4.78, 5) is 36.9. The molecule has 0 aliphatic heterocycles. The number of alkyl carbamates (subject to hydrolysis) is 1. The monoisotopic (exact) mass is 432 g/mol. The van der Waals surface area contributed by atoms with Crippen LogP contribution < -0.4 is 21.7 Å². The maximum atomic E-state index is 13.0. The minimum atomic E-state index is -1.34. The van der Waals surface area contributed by atoms with Crippen molar-refractivity contribution >= 4 is 29.6 Å². The summed E-state index contributed by atoms with van der Waals surface area (Å²) in [6.07, 6.45) is -0.850. The van der Waals surface area contributed by atoms with E-state index in [1.54, 1.807) is 52.1 Å². The lowest BCUT2D eigenvalue weighted by Crippen LogP contribution is -2.61. The van der Waals surface area contributed by atoms with Crippen molar-refractivity contribution in [1.82, 2.24) is 20.4 Å². The summed E-state index contributed by atoms with van der Waals surface area (Å²) < 4.78 is 6.57. The number of carbonyl (C=O) groups is 3. The predicted octanol–water partition coefficient (Wildman–Crippen LogP) is 1.92. The number of benzene rings is 1. The molecule has 0 saturated carbocycles. The molecule has 1 aromatic carbocycles. The zero-order valence-electron chi connectivity index (χ0n) is 17.9. The van der Waals surface area contributed by atoms with Crippen LogP contribution in [0.2, 0.25) is 0 Å². The smallest absolute Gasteiger partial charge is 0.408 e. The first kappa shape index (κ1) is 23.5. The molecule has 0 spiro atoms. The Labute approximate surface area is 179 Å². The van der Waals surface area contributed by atoms with Crippen molar-refractivity contribution in [2.75, 3.05) is 11.1 Å². The number of anilines is 2. The van der Waals surface area contributed by atoms with Crippen molar-refractivity contribution in [3.8, 4) is 0 Å². The van der Waals surface area contributed by atoms with Crippen LogP contribution in [0.15, 0.2) is 36.5 Å². The van der Waals surface area contributed by atoms with Gasteiger partial charge in [-0.15, -0.1) is 0 Å². The van der Waals surface area contributed by atoms with Crippen LogP contribution in [0.4, 0.5) is 21.1 Å². The highest BCUT2D eigenvalue weighted by molar-refractivity contribution is 5.99. The average molecular weight is 432 g/mol. The molecule has 3 amide bonds. The number of nitrogens with two attached hydrogens (primary N) is 1. The van der Waals surface area contributed by atoms with E-state index in [1.807, 2.05) is 6.07 Å². The Morgan fingerprint density at radius 3 is 2.35 bits per heavy atom. The van der Waals surface area contributed by atoms with Gasteiger partial charge in [0.15, 0.2) is 0 Å². The normalized spacial score (nSPS) is 13.0. The Hall–Kier alpha value is -3.76. The van der Waals surface area contributed by atoms with Gasteiger partial charge in [-0.25, -0.2) is 9.59 Å². The Morgan fingerprint density at radius 2 is 1.84 bits per heavy atom. The van der Waals surface area contributed by atoms with Gasteiger partial charge in [-0.05, 0) is 11.0 Å². The molecule has 6 N–H and O–H groups in total. The topological polar surface area (TPSA) is 161 Å². The molecule has 1 aromatic heterocycles. The van der Waals surface area contributed by atoms with E-state index in [-0.39, 0.29) is 18.1 Å². The standard InChI is InChI=1S/C20H28N6O5/c1-20(2,3)15(25-18(28)29)14(17(27)23-13-10-22-26(4)16(13)21)24-19(30)31-11-12-8-6-5-7-9-12/h5-10,14-15,25H,11,21H2,1-4H3,(H,23,27)(H,24,30)(H,28,29)/t14-,15?/m0/s1. The number of hydrogen-bond donors (Lipinski definition) is 5. The van der Waals surface area contributed by atoms with Crippen LogP contribution in [0, 0.1) is 5.41 Å². The Morgan fingerprint density at radius 1 is 1.19 bits per heavy atom. The number of rotatable bonds is 7. The number of aryl methyl sites for hydroxylation is 1. The van der Waals surface area contributed by atoms with Gasteiger partial charge in [-0.2, -0.15) is 5.10 Å². The van der Waals surface area contributed by atoms with E-state index in [2.05, 4.69) is 21.0 Å². The average Bonchev–Trinajstić information content (AvgIpc) is 3.01. The Balaban J connectivity index is 2.22. The van der Waals surface area contributed by atoms with Gasteiger partial charge >= 0.3 is 12.2 Å². The molecule has 11 heteroatoms. The molecule has 1 heterocycles. The zero-order chi connectivity index (χ0) is 23.2. The molecule has 0 saturated heterocycles. The largest absolute Gasteiger partial charge is 0.465 e. The van der Waals surface area contributed by atoms with Gasteiger partial charge in [0.05, 0.1) is 12.2 Å². The lowest BCUT2D eigenvalue weighted by molar-refractivity contribution is -0.119. The molecule has 0 aliphatic rings. The molecule has 11 nitrogen and oxygen atoms in total. The second-order valence-corrected chi connectivity index (χ2v) is 8.03. The van der Waals surface area contributed by atoms with E-state index in [0.29, 0.717) is 0 Å². The van der Waals surface area contributed by atoms with Gasteiger partial charge in [0.2, 0.25) is 5.91 Å². The van der Waals surface area contributed by atoms with Crippen molar-refractivity contribution in [2.24, 2.45) is 12.5 Å². The lowest BCUT2D eigenvalue weighted by atomic mass is 9.81. The van der Waals surface area contributed by atoms with Crippen LogP contribution >= 0.6 is 0 Å². The third-order valence-corrected chi connectivity index (χ3v) is 4.56. The molecule has 2 atom stereocenters. The number of nitrogens with zero attached hydrogens (tertiary/aromatic N) is 2. The fourth-order valence-electron chi connectivity index (χ4n) is 2.88. The maximum Gasteiger partial charge on any atom is 0.408 e. The summed E-state index contributed by atoms with van der Waals surface area (Å²) in [5.41, 5.74) is 6.14. The van der Waals surface area contributed by atoms with Crippen LogP contribution in [-0.4, -0.2) is 45.1 Å². The number of ether oxygens (including phenoxy) is 1. The molecule has 1 unspecified atom stereocenters. The number of nitrogen functional groups attached to an aromatic ring is 1. The van der Waals surface area contributed by atoms with E-state index in [4.69, 9.17) is 10.5 Å². The summed E-state index contributed by atoms with van der Waals surface area (Å²) in [7, 11) is 1.60. The third-order valence-electron chi connectivity index (χ3n) is 4.56. The summed E-state index contributed by atoms with van der Waals surface area (Å²) >= 11 is 0. The van der Waals surface area contributed by atoms with Gasteiger partial charge in [0, 0.05) is 7.05 Å². The predicted molar refractivity (Wildman–Crippen MR) is 114 cm³/mol. The molecule has 2 rings (SSSR count). The number of carboxylic acid groups (broad SMARTS) is 1. The van der Waals surface area contributed by atoms with Gasteiger partial charge in [0.25, 0.3) is 0 Å². The SMILES string of the molecule is Cn1ncc(NC(=O)[C@@H](NC(=O)OCc2ccccc2)C(NC(=O)O)C(C)(C)C)c1N. The first-order chi connectivity index (χ1) is 14.5. The summed E-state index contributed by atoms with van der Waals surface area (Å²) in [6, 6.07) is 6.74. The van der Waals surface area contributed by atoms with Gasteiger partial charge in [-0.3, -0.25) is 9.48 Å². The van der Waals surface area contributed by atoms with Crippen LogP contribution in [0.3, 0.4) is 0 Å². The maximum absolute atomic E-state index is 13.0. The summed E-state index contributed by atoms with van der Waals surface area (Å²) in [5.74, 6) is -0.470. The first-order valence-corrected chi connectivity index (χ1v) is 9.54. The van der Waals surface area contributed by atoms with E-state index < -0.39 is 35.6 Å². The zero-order valence-corrected chi connectivity index (χ0v) is 17.9. The minimum absolute atomic E-state index is 0.0108. The number of aromatic nitrogens is 2. The summed E-state index contributed by atoms with van der Waals surface area (Å²) in [5, 5.41) is 20.6. The van der Waals surface area contributed by atoms with E-state index >= 15 is 0 Å². The second kappa shape index (κ2) is 9.83. The molecule has 2 aromatic rings. The van der Waals surface area contributed by atoms with E-state index in [9.17, 15) is 19.5 Å². The molecule has 168 valence electrons. The van der Waals surface area contributed by atoms with Crippen molar-refractivity contribution in [1.29, 1.82) is 0 Å². The Kier molecular flexibility index (Phi) is 7.46. The molecule has 0 fully saturated rings. The molecular formula is C20H28N6O5. The number of carbonyl (C=O) groups excluding carboxylic acids is 2. The Bertz CT molecular complexity index is 922. The molecular weight excluding hydrogens is 404 g/mol. The van der Waals surface area contributed by atoms with E-state index in [0.717, 1.165) is 5.56 Å². The van der Waals surface area contributed by atoms with Gasteiger partial charge in [0.1, 0.15) is 24.2 Å². The van der Waals surface area contributed by atoms with Crippen LogP contribution in [0.25, 0.3) is 0 Å². The van der Waals surface area contributed by atoms with Crippen LogP contribution in [-0.2, 0) is 23.2 Å². The van der Waals surface area contributed by atoms with Gasteiger partial charge < -0.3 is 31.5 Å².